The number of rotatable bonds is 17. The number of methoxy groups -OCH3 is 1. The molecule has 3 saturated heterocycles. The van der Waals surface area contributed by atoms with Gasteiger partial charge in [0.15, 0.2) is 0 Å². The van der Waals surface area contributed by atoms with Crippen LogP contribution in [0.2, 0.25) is 0 Å². The average Bonchev–Trinajstić information content (AvgIpc) is 1.80. The molecule has 25 heteroatoms. The highest BCUT2D eigenvalue weighted by Crippen LogP contribution is 2.30. The summed E-state index contributed by atoms with van der Waals surface area (Å²) in [4.78, 5) is 163. The maximum Gasteiger partial charge on any atom is 0.245 e. The van der Waals surface area contributed by atoms with Gasteiger partial charge in [-0.1, -0.05) is 88.3 Å². The van der Waals surface area contributed by atoms with E-state index in [2.05, 4.69) is 31.1 Å². The van der Waals surface area contributed by atoms with E-state index in [0.29, 0.717) is 32.7 Å². The van der Waals surface area contributed by atoms with Gasteiger partial charge in [0.05, 0.1) is 24.9 Å². The van der Waals surface area contributed by atoms with Gasteiger partial charge in [-0.2, -0.15) is 0 Å². The van der Waals surface area contributed by atoms with Crippen molar-refractivity contribution in [3.63, 3.8) is 0 Å². The molecule has 0 aromatic carbocycles. The number of hydrogen-bond donors (Lipinski definition) is 4. The maximum absolute atomic E-state index is 15.3. The van der Waals surface area contributed by atoms with Gasteiger partial charge >= 0.3 is 0 Å². The number of carbonyl (C=O) groups excluding carboxylic acids is 10. The van der Waals surface area contributed by atoms with E-state index in [-0.39, 0.29) is 61.8 Å². The Bertz CT molecular complexity index is 2530. The van der Waals surface area contributed by atoms with Crippen LogP contribution in [0.25, 0.3) is 0 Å². The first kappa shape index (κ1) is 81.5. The summed E-state index contributed by atoms with van der Waals surface area (Å²) in [5, 5.41) is 11.5. The molecular weight excluding hydrogens is 1190 g/mol. The molecular formula is C68H123N13O12. The molecule has 3 aliphatic rings. The van der Waals surface area contributed by atoms with Crippen LogP contribution >= 0.6 is 0 Å². The molecule has 25 nitrogen and oxygen atoms in total. The SMILES string of the molecule is CC=CCC(C)C1OC(C)C2CN(C)C1C(=O)NC(CC)C(=O)N(C)C(C)C(=O)N(C)C(C(C)CN1CCN(CCOC)CC1)C(=O)NC(C(C)C)C(=O)N(C)C(CC(C)C)C(=O)NC(C)C(=O)NC(C)C(=O)N(C)C(CC(C)C)C(=O)N(C)C(CC(C)C)C(=O)N2C. The number of piperazine rings is 1. The molecule has 93 heavy (non-hydrogen) atoms. The Morgan fingerprint density at radius 1 is 0.538 bits per heavy atom. The Morgan fingerprint density at radius 3 is 1.56 bits per heavy atom. The molecule has 3 heterocycles. The van der Waals surface area contributed by atoms with Crippen molar-refractivity contribution < 1.29 is 57.4 Å². The second-order valence-corrected chi connectivity index (χ2v) is 28.6. The standard InChI is InChI=1S/C68H123N13O12/c1-25-27-28-44(11)58-57-62(85)71-50(26-2)65(88)74(18)48(15)64(87)79(23)56(45(12)38-81-31-29-80(30-32-81)33-34-92-24)61(84)72-55(43(9)10)68(91)75(19)51(35-40(3)4)60(83)69-46(13)59(82)70-47(14)63(86)76(20)52(36-41(5)6)66(89)77(21)53(37-42(7)8)67(90)78(22)54(39-73(57)17)49(16)93-58/h25,27,40-58H,26,28-39H2,1-24H3,(H,69,83)(H,70,82)(H,71,85)(H,72,84). The van der Waals surface area contributed by atoms with Crippen LogP contribution in [0.4, 0.5) is 0 Å². The third-order valence-corrected chi connectivity index (χ3v) is 19.2. The van der Waals surface area contributed by atoms with Gasteiger partial charge in [-0.3, -0.25) is 57.7 Å². The summed E-state index contributed by atoms with van der Waals surface area (Å²) in [5.41, 5.74) is 0. The third-order valence-electron chi connectivity index (χ3n) is 19.2. The highest BCUT2D eigenvalue weighted by molar-refractivity contribution is 5.98. The van der Waals surface area contributed by atoms with Crippen molar-refractivity contribution >= 4 is 59.1 Å². The fraction of sp³-hybridized carbons (Fsp3) is 0.824. The van der Waals surface area contributed by atoms with Crippen LogP contribution in [-0.2, 0) is 57.4 Å². The van der Waals surface area contributed by atoms with Crippen molar-refractivity contribution in [1.82, 2.24) is 65.4 Å². The molecule has 15 unspecified atom stereocenters. The molecule has 10 amide bonds. The first-order valence-corrected chi connectivity index (χ1v) is 34.1. The summed E-state index contributed by atoms with van der Waals surface area (Å²) in [6.45, 7) is 33.8. The summed E-state index contributed by atoms with van der Waals surface area (Å²) in [6, 6.07) is -11.8. The molecule has 0 aromatic rings. The van der Waals surface area contributed by atoms with E-state index in [0.717, 1.165) is 19.6 Å². The molecule has 0 saturated carbocycles. The van der Waals surface area contributed by atoms with Crippen molar-refractivity contribution in [1.29, 1.82) is 0 Å². The number of nitrogens with zero attached hydrogens (tertiary/aromatic N) is 9. The van der Waals surface area contributed by atoms with Gasteiger partial charge < -0.3 is 65.0 Å². The van der Waals surface area contributed by atoms with Crippen LogP contribution in [0, 0.1) is 35.5 Å². The minimum absolute atomic E-state index is 0.0655. The lowest BCUT2D eigenvalue weighted by molar-refractivity contribution is -0.153. The molecule has 0 spiro atoms. The van der Waals surface area contributed by atoms with Crippen LogP contribution < -0.4 is 21.3 Å². The van der Waals surface area contributed by atoms with Gasteiger partial charge in [0.1, 0.15) is 60.4 Å². The number of hydrogen-bond acceptors (Lipinski definition) is 15. The quantitative estimate of drug-likeness (QED) is 0.153. The van der Waals surface area contributed by atoms with Crippen molar-refractivity contribution in [3.8, 4) is 0 Å². The monoisotopic (exact) mass is 1310 g/mol. The van der Waals surface area contributed by atoms with Crippen molar-refractivity contribution in [2.24, 2.45) is 35.5 Å². The van der Waals surface area contributed by atoms with Crippen LogP contribution in [0.5, 0.6) is 0 Å². The Balaban J connectivity index is 2.31. The van der Waals surface area contributed by atoms with E-state index in [1.54, 1.807) is 60.8 Å². The van der Waals surface area contributed by atoms with Crippen LogP contribution in [0.15, 0.2) is 12.2 Å². The predicted octanol–water partition coefficient (Wildman–Crippen LogP) is 2.76. The molecule has 15 atom stereocenters. The van der Waals surface area contributed by atoms with Gasteiger partial charge in [-0.05, 0) is 109 Å². The Labute approximate surface area is 557 Å². The van der Waals surface area contributed by atoms with Gasteiger partial charge in [-0.25, -0.2) is 0 Å². The highest BCUT2D eigenvalue weighted by atomic mass is 16.5. The largest absolute Gasteiger partial charge is 0.383 e. The molecule has 0 aliphatic carbocycles. The summed E-state index contributed by atoms with van der Waals surface area (Å²) >= 11 is 0. The second kappa shape index (κ2) is 37.5. The summed E-state index contributed by atoms with van der Waals surface area (Å²) in [6.07, 6.45) is 3.89. The van der Waals surface area contributed by atoms with E-state index < -0.39 is 144 Å². The zero-order valence-corrected chi connectivity index (χ0v) is 61.2. The molecule has 2 bridgehead atoms. The molecule has 532 valence electrons. The fourth-order valence-electron chi connectivity index (χ4n) is 13.1. The maximum atomic E-state index is 15.3. The number of allylic oxidation sites excluding steroid dienone is 2. The Hall–Kier alpha value is -5.76. The molecule has 3 rings (SSSR count). The normalized spacial score (nSPS) is 30.1. The van der Waals surface area contributed by atoms with E-state index in [9.17, 15) is 24.0 Å². The lowest BCUT2D eigenvalue weighted by Crippen LogP contribution is -2.63. The van der Waals surface area contributed by atoms with Crippen molar-refractivity contribution in [2.75, 3.05) is 109 Å². The summed E-state index contributed by atoms with van der Waals surface area (Å²) in [5.74, 6) is -7.18. The lowest BCUT2D eigenvalue weighted by Gasteiger charge is -2.40. The number of nitrogens with one attached hydrogen (secondary N) is 4. The number of carbonyl (C=O) groups is 10. The molecule has 4 N–H and O–H groups in total. The van der Waals surface area contributed by atoms with Crippen molar-refractivity contribution in [2.45, 2.75) is 222 Å². The molecule has 3 aliphatic heterocycles. The van der Waals surface area contributed by atoms with Gasteiger partial charge in [-0.15, -0.1) is 0 Å². The number of amides is 10. The average molecular weight is 1310 g/mol. The van der Waals surface area contributed by atoms with E-state index in [4.69, 9.17) is 9.47 Å². The van der Waals surface area contributed by atoms with E-state index >= 15 is 24.0 Å². The smallest absolute Gasteiger partial charge is 0.245 e. The van der Waals surface area contributed by atoms with Crippen LogP contribution in [0.3, 0.4) is 0 Å². The molecule has 3 fully saturated rings. The highest BCUT2D eigenvalue weighted by Gasteiger charge is 2.48. The zero-order chi connectivity index (χ0) is 70.8. The van der Waals surface area contributed by atoms with Gasteiger partial charge in [0.25, 0.3) is 0 Å². The first-order chi connectivity index (χ1) is 43.4. The lowest BCUT2D eigenvalue weighted by atomic mass is 9.92. The van der Waals surface area contributed by atoms with E-state index in [1.165, 1.54) is 66.5 Å². The Morgan fingerprint density at radius 2 is 1.04 bits per heavy atom. The first-order valence-electron chi connectivity index (χ1n) is 34.1. The van der Waals surface area contributed by atoms with Gasteiger partial charge in [0.2, 0.25) is 59.1 Å². The summed E-state index contributed by atoms with van der Waals surface area (Å²) in [7, 11) is 12.7. The summed E-state index contributed by atoms with van der Waals surface area (Å²) < 4.78 is 12.3. The molecule has 0 aromatic heterocycles. The minimum Gasteiger partial charge on any atom is -0.383 e. The van der Waals surface area contributed by atoms with Crippen LogP contribution in [0.1, 0.15) is 143 Å². The number of ether oxygens (including phenoxy) is 2. The van der Waals surface area contributed by atoms with Crippen molar-refractivity contribution in [3.05, 3.63) is 12.2 Å². The number of fused-ring (bicyclic) bond motifs is 3. The minimum atomic E-state index is -1.21. The topological polar surface area (TPSA) is 266 Å². The predicted molar refractivity (Wildman–Crippen MR) is 361 cm³/mol. The van der Waals surface area contributed by atoms with Crippen LogP contribution in [-0.4, -0.2) is 291 Å². The van der Waals surface area contributed by atoms with Gasteiger partial charge in [0, 0.05) is 95.2 Å². The second-order valence-electron chi connectivity index (χ2n) is 28.6. The fourth-order valence-corrected chi connectivity index (χ4v) is 13.1. The zero-order valence-electron chi connectivity index (χ0n) is 61.2. The number of likely N-dealkylation sites (N-methyl/N-ethyl adjacent to an activating group) is 7. The Kier molecular flexibility index (Phi) is 32.9. The van der Waals surface area contributed by atoms with E-state index in [1.807, 2.05) is 86.3 Å². The third kappa shape index (κ3) is 22.1. The molecule has 0 radical (unpaired) electrons.